The van der Waals surface area contributed by atoms with E-state index in [9.17, 15) is 22.8 Å². The maximum atomic E-state index is 11.9. The van der Waals surface area contributed by atoms with E-state index in [0.717, 1.165) is 0 Å². The average Bonchev–Trinajstić information content (AvgIpc) is 2.15. The number of nitrogens with one attached hydrogen (secondary N) is 1. The second kappa shape index (κ2) is 5.53. The van der Waals surface area contributed by atoms with Crippen LogP contribution in [-0.2, 0) is 14.3 Å². The normalized spacial score (nSPS) is 12.9. The molecule has 4 nitrogen and oxygen atoms in total. The van der Waals surface area contributed by atoms with Crippen molar-refractivity contribution >= 4 is 11.9 Å². The highest BCUT2D eigenvalue weighted by molar-refractivity contribution is 5.90. The maximum absolute atomic E-state index is 11.9. The van der Waals surface area contributed by atoms with Crippen LogP contribution in [0.15, 0.2) is 11.3 Å². The summed E-state index contributed by atoms with van der Waals surface area (Å²) in [7, 11) is 0. The summed E-state index contributed by atoms with van der Waals surface area (Å²) in [5, 5.41) is 1.57. The van der Waals surface area contributed by atoms with Crippen molar-refractivity contribution in [1.29, 1.82) is 0 Å². The summed E-state index contributed by atoms with van der Waals surface area (Å²) in [6.45, 7) is 4.13. The van der Waals surface area contributed by atoms with E-state index in [1.54, 1.807) is 12.2 Å². The highest BCUT2D eigenvalue weighted by Gasteiger charge is 2.38. The first kappa shape index (κ1) is 14.5. The van der Waals surface area contributed by atoms with Gasteiger partial charge in [0.2, 0.25) is 0 Å². The number of halogens is 3. The third-order valence-electron chi connectivity index (χ3n) is 1.70. The van der Waals surface area contributed by atoms with Gasteiger partial charge in [0.05, 0.1) is 12.2 Å². The summed E-state index contributed by atoms with van der Waals surface area (Å²) in [5.74, 6) is -2.88. The molecule has 0 unspecified atom stereocenters. The summed E-state index contributed by atoms with van der Waals surface area (Å²) in [6.07, 6.45) is -4.98. The SMILES string of the molecule is CCOC(=O)/C(C)=C(\C)NC(=O)C(F)(F)F. The molecule has 1 N–H and O–H groups in total. The van der Waals surface area contributed by atoms with Crippen molar-refractivity contribution in [1.82, 2.24) is 5.32 Å². The van der Waals surface area contributed by atoms with Gasteiger partial charge in [0.15, 0.2) is 0 Å². The van der Waals surface area contributed by atoms with Gasteiger partial charge in [0.1, 0.15) is 0 Å². The van der Waals surface area contributed by atoms with Crippen molar-refractivity contribution in [3.8, 4) is 0 Å². The quantitative estimate of drug-likeness (QED) is 0.600. The lowest BCUT2D eigenvalue weighted by atomic mass is 10.2. The van der Waals surface area contributed by atoms with Crippen LogP contribution in [-0.4, -0.2) is 24.7 Å². The van der Waals surface area contributed by atoms with Crippen LogP contribution < -0.4 is 5.32 Å². The van der Waals surface area contributed by atoms with Gasteiger partial charge in [-0.2, -0.15) is 13.2 Å². The van der Waals surface area contributed by atoms with Crippen LogP contribution in [0.4, 0.5) is 13.2 Å². The molecule has 16 heavy (non-hydrogen) atoms. The van der Waals surface area contributed by atoms with Crippen LogP contribution in [0.1, 0.15) is 20.8 Å². The topological polar surface area (TPSA) is 55.4 Å². The number of ether oxygens (including phenoxy) is 1. The monoisotopic (exact) mass is 239 g/mol. The van der Waals surface area contributed by atoms with Crippen molar-refractivity contribution in [3.05, 3.63) is 11.3 Å². The lowest BCUT2D eigenvalue weighted by Crippen LogP contribution is -2.36. The summed E-state index contributed by atoms with van der Waals surface area (Å²) in [6, 6.07) is 0. The van der Waals surface area contributed by atoms with Crippen LogP contribution in [0.5, 0.6) is 0 Å². The Balaban J connectivity index is 4.67. The fourth-order valence-corrected chi connectivity index (χ4v) is 0.727. The molecule has 0 radical (unpaired) electrons. The Bertz CT molecular complexity index is 320. The second-order valence-electron chi connectivity index (χ2n) is 2.92. The highest BCUT2D eigenvalue weighted by atomic mass is 19.4. The Hall–Kier alpha value is -1.53. The van der Waals surface area contributed by atoms with Gasteiger partial charge in [0.25, 0.3) is 0 Å². The van der Waals surface area contributed by atoms with Crippen molar-refractivity contribution in [2.24, 2.45) is 0 Å². The van der Waals surface area contributed by atoms with E-state index in [4.69, 9.17) is 0 Å². The van der Waals surface area contributed by atoms with E-state index in [2.05, 4.69) is 4.74 Å². The molecule has 0 fully saturated rings. The fraction of sp³-hybridized carbons (Fsp3) is 0.556. The van der Waals surface area contributed by atoms with Gasteiger partial charge >= 0.3 is 18.1 Å². The fourth-order valence-electron chi connectivity index (χ4n) is 0.727. The molecule has 0 aliphatic heterocycles. The summed E-state index contributed by atoms with van der Waals surface area (Å²) in [4.78, 5) is 21.6. The Morgan fingerprint density at radius 3 is 2.12 bits per heavy atom. The molecule has 0 aromatic rings. The standard InChI is InChI=1S/C9H12F3NO3/c1-4-16-7(14)5(2)6(3)13-8(15)9(10,11)12/h4H2,1-3H3,(H,13,15)/b6-5+. The molecular weight excluding hydrogens is 227 g/mol. The van der Waals surface area contributed by atoms with E-state index in [-0.39, 0.29) is 17.9 Å². The first-order valence-corrected chi connectivity index (χ1v) is 4.43. The number of rotatable bonds is 3. The zero-order chi connectivity index (χ0) is 12.9. The molecule has 0 saturated heterocycles. The number of carbonyl (C=O) groups is 2. The summed E-state index contributed by atoms with van der Waals surface area (Å²) in [5.41, 5.74) is -0.250. The number of allylic oxidation sites excluding steroid dienone is 1. The minimum absolute atomic E-state index is 0.0700. The maximum Gasteiger partial charge on any atom is 0.471 e. The molecule has 7 heteroatoms. The molecule has 0 aromatic heterocycles. The molecular formula is C9H12F3NO3. The Morgan fingerprint density at radius 1 is 1.25 bits per heavy atom. The smallest absolute Gasteiger partial charge is 0.463 e. The summed E-state index contributed by atoms with van der Waals surface area (Å²) < 4.78 is 40.2. The van der Waals surface area contributed by atoms with E-state index in [1.807, 2.05) is 0 Å². The third kappa shape index (κ3) is 4.33. The molecule has 0 aliphatic carbocycles. The van der Waals surface area contributed by atoms with E-state index in [0.29, 0.717) is 0 Å². The Kier molecular flexibility index (Phi) is 5.00. The van der Waals surface area contributed by atoms with Gasteiger partial charge in [-0.1, -0.05) is 0 Å². The van der Waals surface area contributed by atoms with Crippen LogP contribution in [0.25, 0.3) is 0 Å². The molecule has 1 amide bonds. The number of amides is 1. The predicted molar refractivity (Wildman–Crippen MR) is 49.2 cm³/mol. The van der Waals surface area contributed by atoms with Gasteiger partial charge < -0.3 is 10.1 Å². The minimum Gasteiger partial charge on any atom is -0.463 e. The van der Waals surface area contributed by atoms with Crippen LogP contribution in [0, 0.1) is 0 Å². The first-order valence-electron chi connectivity index (χ1n) is 4.43. The van der Waals surface area contributed by atoms with Gasteiger partial charge in [-0.05, 0) is 20.8 Å². The van der Waals surface area contributed by atoms with Gasteiger partial charge in [-0.3, -0.25) is 4.79 Å². The van der Waals surface area contributed by atoms with Crippen molar-refractivity contribution < 1.29 is 27.5 Å². The number of carbonyl (C=O) groups excluding carboxylic acids is 2. The molecule has 0 spiro atoms. The van der Waals surface area contributed by atoms with E-state index >= 15 is 0 Å². The van der Waals surface area contributed by atoms with Crippen LogP contribution in [0.3, 0.4) is 0 Å². The lowest BCUT2D eigenvalue weighted by Gasteiger charge is -2.10. The molecule has 0 saturated carbocycles. The zero-order valence-corrected chi connectivity index (χ0v) is 9.07. The molecule has 0 aliphatic rings. The molecule has 0 atom stereocenters. The average molecular weight is 239 g/mol. The second-order valence-corrected chi connectivity index (χ2v) is 2.92. The molecule has 92 valence electrons. The molecule has 0 aromatic carbocycles. The first-order chi connectivity index (χ1) is 7.20. The molecule has 0 bridgehead atoms. The zero-order valence-electron chi connectivity index (χ0n) is 9.07. The lowest BCUT2D eigenvalue weighted by molar-refractivity contribution is -0.172. The van der Waals surface area contributed by atoms with Crippen molar-refractivity contribution in [3.63, 3.8) is 0 Å². The highest BCUT2D eigenvalue weighted by Crippen LogP contribution is 2.15. The number of hydrogen-bond acceptors (Lipinski definition) is 3. The van der Waals surface area contributed by atoms with E-state index in [1.165, 1.54) is 13.8 Å². The number of alkyl halides is 3. The molecule has 0 rings (SSSR count). The van der Waals surface area contributed by atoms with Crippen LogP contribution >= 0.6 is 0 Å². The Labute approximate surface area is 90.5 Å². The van der Waals surface area contributed by atoms with Gasteiger partial charge in [-0.25, -0.2) is 4.79 Å². The third-order valence-corrected chi connectivity index (χ3v) is 1.70. The van der Waals surface area contributed by atoms with Gasteiger partial charge in [0, 0.05) is 5.70 Å². The number of hydrogen-bond donors (Lipinski definition) is 1. The minimum atomic E-state index is -4.98. The molecule has 0 heterocycles. The van der Waals surface area contributed by atoms with Crippen molar-refractivity contribution in [2.75, 3.05) is 6.61 Å². The number of esters is 1. The van der Waals surface area contributed by atoms with Crippen LogP contribution in [0.2, 0.25) is 0 Å². The predicted octanol–water partition coefficient (Wildman–Crippen LogP) is 1.52. The largest absolute Gasteiger partial charge is 0.471 e. The summed E-state index contributed by atoms with van der Waals surface area (Å²) >= 11 is 0. The van der Waals surface area contributed by atoms with Crippen molar-refractivity contribution in [2.45, 2.75) is 26.9 Å². The Morgan fingerprint density at radius 2 is 1.75 bits per heavy atom. The van der Waals surface area contributed by atoms with E-state index < -0.39 is 18.1 Å². The van der Waals surface area contributed by atoms with Gasteiger partial charge in [-0.15, -0.1) is 0 Å².